The number of amidine groups is 1. The summed E-state index contributed by atoms with van der Waals surface area (Å²) >= 11 is 1.51. The van der Waals surface area contributed by atoms with Crippen LogP contribution in [0.3, 0.4) is 0 Å². The van der Waals surface area contributed by atoms with Gasteiger partial charge in [-0.2, -0.15) is 0 Å². The fourth-order valence-corrected chi connectivity index (χ4v) is 2.97. The van der Waals surface area contributed by atoms with E-state index >= 15 is 0 Å². The Morgan fingerprint density at radius 3 is 2.70 bits per heavy atom. The van der Waals surface area contributed by atoms with Gasteiger partial charge in [-0.3, -0.25) is 0 Å². The van der Waals surface area contributed by atoms with Crippen LogP contribution in [0.25, 0.3) is 0 Å². The summed E-state index contributed by atoms with van der Waals surface area (Å²) in [6.07, 6.45) is 1.92. The van der Waals surface area contributed by atoms with E-state index in [-0.39, 0.29) is 17.0 Å². The summed E-state index contributed by atoms with van der Waals surface area (Å²) in [5.74, 6) is 1.22. The maximum absolute atomic E-state index is 10.7. The van der Waals surface area contributed by atoms with Gasteiger partial charge in [0.05, 0.1) is 20.8 Å². The normalized spacial score (nSPS) is 23.1. The predicted octanol–water partition coefficient (Wildman–Crippen LogP) is 2.32. The molecule has 5 nitrogen and oxygen atoms in total. The van der Waals surface area contributed by atoms with Crippen molar-refractivity contribution in [3.8, 4) is 11.5 Å². The van der Waals surface area contributed by atoms with E-state index in [1.165, 1.54) is 11.8 Å². The van der Waals surface area contributed by atoms with E-state index < -0.39 is 5.72 Å². The number of nitrogens with zero attached hydrogens (tertiary/aromatic N) is 2. The molecular weight excluding hydrogens is 344 g/mol. The third-order valence-corrected chi connectivity index (χ3v) is 3.97. The number of methoxy groups -OCH3 is 2. The van der Waals surface area contributed by atoms with Gasteiger partial charge < -0.3 is 19.5 Å². The number of fused-ring (bicyclic) bond motifs is 1. The number of ether oxygens (including phenoxy) is 2. The Balaban J connectivity index is 0.00000147. The Hall–Kier alpha value is -1.18. The van der Waals surface area contributed by atoms with Crippen LogP contribution in [0, 0.1) is 0 Å². The first kappa shape index (κ1) is 15.2. The van der Waals surface area contributed by atoms with Gasteiger partial charge in [0.15, 0.2) is 16.7 Å². The standard InChI is InChI=1S/C13H14N2O3S.BrH/c1-17-10-4-3-9(7-11(10)18-2)13(16)8-15-5-6-19-12(15)14-13;/h3-7,16H,8H2,1-2H3;1H. The predicted molar refractivity (Wildman–Crippen MR) is 84.6 cm³/mol. The van der Waals surface area contributed by atoms with E-state index in [2.05, 4.69) is 4.99 Å². The quantitative estimate of drug-likeness (QED) is 0.898. The molecule has 0 amide bonds. The van der Waals surface area contributed by atoms with E-state index in [0.29, 0.717) is 23.6 Å². The topological polar surface area (TPSA) is 54.3 Å². The second kappa shape index (κ2) is 5.67. The number of thioether (sulfide) groups is 1. The van der Waals surface area contributed by atoms with Crippen molar-refractivity contribution >= 4 is 33.9 Å². The average molecular weight is 359 g/mol. The zero-order chi connectivity index (χ0) is 13.5. The van der Waals surface area contributed by atoms with Gasteiger partial charge in [0.25, 0.3) is 0 Å². The molecule has 7 heteroatoms. The largest absolute Gasteiger partial charge is 0.493 e. The molecule has 1 aromatic carbocycles. The SMILES string of the molecule is Br.COc1ccc(C2(O)CN3C=CSC3=N2)cc1OC. The third kappa shape index (κ3) is 2.41. The van der Waals surface area contributed by atoms with Gasteiger partial charge in [-0.1, -0.05) is 17.8 Å². The zero-order valence-corrected chi connectivity index (χ0v) is 13.6. The molecule has 0 aliphatic carbocycles. The summed E-state index contributed by atoms with van der Waals surface area (Å²) in [5, 5.41) is 13.4. The van der Waals surface area contributed by atoms with Crippen molar-refractivity contribution in [1.82, 2.24) is 4.90 Å². The second-order valence-corrected chi connectivity index (χ2v) is 5.18. The highest BCUT2D eigenvalue weighted by Crippen LogP contribution is 2.39. The molecule has 0 aromatic heterocycles. The van der Waals surface area contributed by atoms with Crippen LogP contribution in [0.5, 0.6) is 11.5 Å². The minimum atomic E-state index is -1.23. The number of halogens is 1. The number of hydrogen-bond acceptors (Lipinski definition) is 6. The molecule has 1 atom stereocenters. The van der Waals surface area contributed by atoms with Crippen LogP contribution in [0.1, 0.15) is 5.56 Å². The van der Waals surface area contributed by atoms with Gasteiger partial charge in [-0.05, 0) is 17.5 Å². The fourth-order valence-electron chi connectivity index (χ4n) is 2.18. The van der Waals surface area contributed by atoms with Gasteiger partial charge in [-0.25, -0.2) is 4.99 Å². The number of hydrogen-bond donors (Lipinski definition) is 1. The molecule has 3 rings (SSSR count). The lowest BCUT2D eigenvalue weighted by atomic mass is 10.0. The summed E-state index contributed by atoms with van der Waals surface area (Å²) in [5.41, 5.74) is -0.534. The van der Waals surface area contributed by atoms with Crippen LogP contribution in [0.15, 0.2) is 34.8 Å². The van der Waals surface area contributed by atoms with E-state index in [1.54, 1.807) is 26.4 Å². The Morgan fingerprint density at radius 2 is 2.05 bits per heavy atom. The molecule has 0 spiro atoms. The molecule has 0 fully saturated rings. The number of aliphatic imine (C=N–C) groups is 1. The van der Waals surface area contributed by atoms with Crippen molar-refractivity contribution < 1.29 is 14.6 Å². The lowest BCUT2D eigenvalue weighted by Gasteiger charge is -2.22. The summed E-state index contributed by atoms with van der Waals surface area (Å²) in [7, 11) is 3.16. The van der Waals surface area contributed by atoms with Crippen molar-refractivity contribution in [2.45, 2.75) is 5.72 Å². The molecule has 2 aliphatic rings. The highest BCUT2D eigenvalue weighted by molar-refractivity contribution is 8.93. The van der Waals surface area contributed by atoms with Gasteiger partial charge in [0, 0.05) is 11.8 Å². The molecule has 108 valence electrons. The van der Waals surface area contributed by atoms with Gasteiger partial charge in [-0.15, -0.1) is 17.0 Å². The Morgan fingerprint density at radius 1 is 1.30 bits per heavy atom. The van der Waals surface area contributed by atoms with E-state index in [0.717, 1.165) is 5.17 Å². The molecule has 0 saturated carbocycles. The van der Waals surface area contributed by atoms with Gasteiger partial charge in [0.1, 0.15) is 0 Å². The van der Waals surface area contributed by atoms with Crippen molar-refractivity contribution in [3.63, 3.8) is 0 Å². The summed E-state index contributed by atoms with van der Waals surface area (Å²) in [6.45, 7) is 0.418. The van der Waals surface area contributed by atoms with Crippen molar-refractivity contribution in [2.75, 3.05) is 20.8 Å². The highest BCUT2D eigenvalue weighted by Gasteiger charge is 2.40. The summed E-state index contributed by atoms with van der Waals surface area (Å²) in [4.78, 5) is 6.32. The monoisotopic (exact) mass is 358 g/mol. The summed E-state index contributed by atoms with van der Waals surface area (Å²) in [6, 6.07) is 5.35. The first-order chi connectivity index (χ1) is 9.16. The highest BCUT2D eigenvalue weighted by atomic mass is 79.9. The Labute approximate surface area is 132 Å². The van der Waals surface area contributed by atoms with Crippen LogP contribution in [0.4, 0.5) is 0 Å². The minimum absolute atomic E-state index is 0. The van der Waals surface area contributed by atoms with Crippen molar-refractivity contribution in [3.05, 3.63) is 35.4 Å². The third-order valence-electron chi connectivity index (χ3n) is 3.18. The van der Waals surface area contributed by atoms with E-state index in [4.69, 9.17) is 9.47 Å². The van der Waals surface area contributed by atoms with Gasteiger partial charge >= 0.3 is 0 Å². The maximum Gasteiger partial charge on any atom is 0.203 e. The Bertz CT molecular complexity index is 579. The molecule has 0 radical (unpaired) electrons. The molecule has 1 unspecified atom stereocenters. The van der Waals surface area contributed by atoms with Crippen molar-refractivity contribution in [1.29, 1.82) is 0 Å². The zero-order valence-electron chi connectivity index (χ0n) is 11.1. The number of aliphatic hydroxyl groups is 1. The lowest BCUT2D eigenvalue weighted by Crippen LogP contribution is -2.29. The molecular formula is C13H15BrN2O3S. The van der Waals surface area contributed by atoms with E-state index in [9.17, 15) is 5.11 Å². The van der Waals surface area contributed by atoms with Crippen LogP contribution in [0.2, 0.25) is 0 Å². The molecule has 1 aromatic rings. The smallest absolute Gasteiger partial charge is 0.203 e. The molecule has 20 heavy (non-hydrogen) atoms. The lowest BCUT2D eigenvalue weighted by molar-refractivity contribution is 0.0477. The molecule has 2 aliphatic heterocycles. The molecule has 1 N–H and O–H groups in total. The second-order valence-electron chi connectivity index (χ2n) is 4.31. The molecule has 0 bridgehead atoms. The Kier molecular flexibility index (Phi) is 4.31. The van der Waals surface area contributed by atoms with Crippen LogP contribution >= 0.6 is 28.7 Å². The number of rotatable bonds is 3. The fraction of sp³-hybridized carbons (Fsp3) is 0.308. The van der Waals surface area contributed by atoms with Crippen molar-refractivity contribution in [2.24, 2.45) is 4.99 Å². The average Bonchev–Trinajstić information content (AvgIpc) is 2.96. The molecule has 0 saturated heterocycles. The van der Waals surface area contributed by atoms with Crippen LogP contribution in [-0.4, -0.2) is 35.9 Å². The minimum Gasteiger partial charge on any atom is -0.493 e. The first-order valence-corrected chi connectivity index (χ1v) is 6.69. The first-order valence-electron chi connectivity index (χ1n) is 5.81. The van der Waals surface area contributed by atoms with Crippen LogP contribution in [-0.2, 0) is 5.72 Å². The van der Waals surface area contributed by atoms with Crippen LogP contribution < -0.4 is 9.47 Å². The van der Waals surface area contributed by atoms with E-state index in [1.807, 2.05) is 22.6 Å². The maximum atomic E-state index is 10.7. The van der Waals surface area contributed by atoms with Gasteiger partial charge in [0.2, 0.25) is 5.72 Å². The summed E-state index contributed by atoms with van der Waals surface area (Å²) < 4.78 is 10.5. The number of benzene rings is 1. The molecule has 2 heterocycles.